The van der Waals surface area contributed by atoms with Crippen molar-refractivity contribution in [1.82, 2.24) is 5.32 Å². The van der Waals surface area contributed by atoms with Crippen LogP contribution in [-0.2, 0) is 0 Å². The normalized spacial score (nSPS) is 21.4. The topological polar surface area (TPSA) is 32.3 Å². The van der Waals surface area contributed by atoms with Crippen LogP contribution >= 0.6 is 0 Å². The van der Waals surface area contributed by atoms with Gasteiger partial charge in [-0.2, -0.15) is 0 Å². The fourth-order valence-electron chi connectivity index (χ4n) is 1.89. The van der Waals surface area contributed by atoms with E-state index in [9.17, 15) is 9.50 Å². The van der Waals surface area contributed by atoms with Crippen molar-refractivity contribution in [3.8, 4) is 5.75 Å². The number of aromatic hydroxyl groups is 1. The maximum Gasteiger partial charge on any atom is 0.128 e. The largest absolute Gasteiger partial charge is 0.508 e. The number of hydrogen-bond acceptors (Lipinski definition) is 2. The molecule has 2 N–H and O–H groups in total. The summed E-state index contributed by atoms with van der Waals surface area (Å²) in [5.74, 6) is -0.0465. The summed E-state index contributed by atoms with van der Waals surface area (Å²) in [7, 11) is 0. The van der Waals surface area contributed by atoms with Gasteiger partial charge in [0.1, 0.15) is 11.6 Å². The van der Waals surface area contributed by atoms with Crippen LogP contribution in [0, 0.1) is 12.7 Å². The molecule has 0 aliphatic carbocycles. The molecule has 1 fully saturated rings. The number of hydrogen-bond donors (Lipinski definition) is 2. The number of benzene rings is 1. The highest BCUT2D eigenvalue weighted by atomic mass is 19.1. The molecule has 0 saturated carbocycles. The molecule has 2 rings (SSSR count). The molecule has 1 heterocycles. The number of phenolic OH excluding ortho intramolecular Hbond substituents is 1. The molecule has 0 radical (unpaired) electrons. The van der Waals surface area contributed by atoms with Crippen LogP contribution in [0.5, 0.6) is 5.75 Å². The molecule has 0 bridgehead atoms. The Kier molecular flexibility index (Phi) is 2.42. The van der Waals surface area contributed by atoms with Crippen molar-refractivity contribution in [2.75, 3.05) is 6.54 Å². The van der Waals surface area contributed by atoms with Crippen molar-refractivity contribution in [3.63, 3.8) is 0 Å². The molecule has 1 aliphatic heterocycles. The van der Waals surface area contributed by atoms with E-state index in [4.69, 9.17) is 0 Å². The van der Waals surface area contributed by atoms with Gasteiger partial charge < -0.3 is 10.4 Å². The van der Waals surface area contributed by atoms with E-state index in [-0.39, 0.29) is 17.6 Å². The number of phenols is 1. The predicted octanol–water partition coefficient (Wildman–Crippen LogP) is 2.26. The fraction of sp³-hybridized carbons (Fsp3) is 0.455. The first-order valence-electron chi connectivity index (χ1n) is 4.91. The van der Waals surface area contributed by atoms with Gasteiger partial charge in [0.25, 0.3) is 0 Å². The van der Waals surface area contributed by atoms with Crippen molar-refractivity contribution in [2.45, 2.75) is 25.8 Å². The first-order valence-corrected chi connectivity index (χ1v) is 4.91. The van der Waals surface area contributed by atoms with Gasteiger partial charge in [-0.25, -0.2) is 4.39 Å². The highest BCUT2D eigenvalue weighted by Crippen LogP contribution is 2.29. The molecule has 0 amide bonds. The number of aryl methyl sites for hydroxylation is 1. The Bertz CT molecular complexity index is 345. The van der Waals surface area contributed by atoms with Crippen LogP contribution in [0.15, 0.2) is 12.1 Å². The molecule has 1 aliphatic rings. The van der Waals surface area contributed by atoms with E-state index >= 15 is 0 Å². The molecule has 1 unspecified atom stereocenters. The highest BCUT2D eigenvalue weighted by molar-refractivity contribution is 5.38. The average Bonchev–Trinajstić information content (AvgIpc) is 2.64. The smallest absolute Gasteiger partial charge is 0.128 e. The minimum atomic E-state index is -0.222. The Morgan fingerprint density at radius 1 is 1.50 bits per heavy atom. The van der Waals surface area contributed by atoms with E-state index < -0.39 is 0 Å². The Morgan fingerprint density at radius 2 is 2.29 bits per heavy atom. The Morgan fingerprint density at radius 3 is 2.93 bits per heavy atom. The number of nitrogens with one attached hydrogen (secondary N) is 1. The van der Waals surface area contributed by atoms with Gasteiger partial charge in [0.05, 0.1) is 0 Å². The molecule has 0 aromatic heterocycles. The van der Waals surface area contributed by atoms with Crippen LogP contribution < -0.4 is 5.32 Å². The third-order valence-corrected chi connectivity index (χ3v) is 2.75. The van der Waals surface area contributed by atoms with Crippen molar-refractivity contribution < 1.29 is 9.50 Å². The zero-order valence-corrected chi connectivity index (χ0v) is 8.18. The van der Waals surface area contributed by atoms with Crippen molar-refractivity contribution in [2.24, 2.45) is 0 Å². The molecule has 1 aromatic rings. The van der Waals surface area contributed by atoms with Crippen molar-refractivity contribution in [1.29, 1.82) is 0 Å². The summed E-state index contributed by atoms with van der Waals surface area (Å²) in [5, 5.41) is 12.7. The summed E-state index contributed by atoms with van der Waals surface area (Å²) < 4.78 is 13.5. The third-order valence-electron chi connectivity index (χ3n) is 2.75. The molecule has 1 atom stereocenters. The second-order valence-electron chi connectivity index (χ2n) is 3.81. The number of halogens is 1. The van der Waals surface area contributed by atoms with Crippen molar-refractivity contribution in [3.05, 3.63) is 29.1 Å². The quantitative estimate of drug-likeness (QED) is 0.720. The predicted molar refractivity (Wildman–Crippen MR) is 52.8 cm³/mol. The lowest BCUT2D eigenvalue weighted by atomic mass is 10.0. The van der Waals surface area contributed by atoms with Gasteiger partial charge >= 0.3 is 0 Å². The van der Waals surface area contributed by atoms with E-state index in [0.29, 0.717) is 11.1 Å². The van der Waals surface area contributed by atoms with Gasteiger partial charge in [-0.15, -0.1) is 0 Å². The average molecular weight is 195 g/mol. The first kappa shape index (κ1) is 9.46. The second-order valence-corrected chi connectivity index (χ2v) is 3.81. The summed E-state index contributed by atoms with van der Waals surface area (Å²) in [6.45, 7) is 2.63. The Labute approximate surface area is 82.8 Å². The minimum Gasteiger partial charge on any atom is -0.508 e. The van der Waals surface area contributed by atoms with Crippen LogP contribution in [0.2, 0.25) is 0 Å². The van der Waals surface area contributed by atoms with E-state index in [1.807, 2.05) is 0 Å². The van der Waals surface area contributed by atoms with Crippen LogP contribution in [-0.4, -0.2) is 11.7 Å². The highest BCUT2D eigenvalue weighted by Gasteiger charge is 2.20. The molecular formula is C11H14FNO. The lowest BCUT2D eigenvalue weighted by molar-refractivity contribution is 0.463. The lowest BCUT2D eigenvalue weighted by Gasteiger charge is -2.13. The van der Waals surface area contributed by atoms with E-state index in [2.05, 4.69) is 5.32 Å². The van der Waals surface area contributed by atoms with Gasteiger partial charge in [0.15, 0.2) is 0 Å². The van der Waals surface area contributed by atoms with Crippen molar-refractivity contribution >= 4 is 0 Å². The maximum absolute atomic E-state index is 13.5. The minimum absolute atomic E-state index is 0.0708. The molecule has 14 heavy (non-hydrogen) atoms. The summed E-state index contributed by atoms with van der Waals surface area (Å²) in [6.07, 6.45) is 2.01. The van der Waals surface area contributed by atoms with Gasteiger partial charge in [0, 0.05) is 11.6 Å². The van der Waals surface area contributed by atoms with Crippen LogP contribution in [0.4, 0.5) is 4.39 Å². The second kappa shape index (κ2) is 3.58. The number of rotatable bonds is 1. The zero-order chi connectivity index (χ0) is 10.1. The maximum atomic E-state index is 13.5. The summed E-state index contributed by atoms with van der Waals surface area (Å²) >= 11 is 0. The van der Waals surface area contributed by atoms with Crippen LogP contribution in [0.3, 0.4) is 0 Å². The fourth-order valence-corrected chi connectivity index (χ4v) is 1.89. The van der Waals surface area contributed by atoms with Gasteiger partial charge in [-0.1, -0.05) is 0 Å². The van der Waals surface area contributed by atoms with E-state index in [1.165, 1.54) is 12.1 Å². The van der Waals surface area contributed by atoms with Gasteiger partial charge in [-0.3, -0.25) is 0 Å². The molecule has 1 aromatic carbocycles. The standard InChI is InChI=1S/C11H14FNO/c1-7-5-9(12)8(6-11(7)14)10-3-2-4-13-10/h5-6,10,13-14H,2-4H2,1H3. The Hall–Kier alpha value is -1.09. The van der Waals surface area contributed by atoms with Gasteiger partial charge in [0.2, 0.25) is 0 Å². The van der Waals surface area contributed by atoms with Gasteiger partial charge in [-0.05, 0) is 44.0 Å². The SMILES string of the molecule is Cc1cc(F)c(C2CCCN2)cc1O. The summed E-state index contributed by atoms with van der Waals surface area (Å²) in [5.41, 5.74) is 1.18. The summed E-state index contributed by atoms with van der Waals surface area (Å²) in [4.78, 5) is 0. The monoisotopic (exact) mass is 195 g/mol. The first-order chi connectivity index (χ1) is 6.68. The van der Waals surface area contributed by atoms with Crippen LogP contribution in [0.25, 0.3) is 0 Å². The lowest BCUT2D eigenvalue weighted by Crippen LogP contribution is -2.14. The molecule has 76 valence electrons. The molecule has 3 heteroatoms. The van der Waals surface area contributed by atoms with E-state index in [1.54, 1.807) is 6.92 Å². The summed E-state index contributed by atoms with van der Waals surface area (Å²) in [6, 6.07) is 3.00. The Balaban J connectivity index is 2.37. The van der Waals surface area contributed by atoms with Crippen LogP contribution in [0.1, 0.15) is 30.0 Å². The molecular weight excluding hydrogens is 181 g/mol. The molecule has 0 spiro atoms. The molecule has 1 saturated heterocycles. The molecule has 2 nitrogen and oxygen atoms in total. The third kappa shape index (κ3) is 1.60. The van der Waals surface area contributed by atoms with E-state index in [0.717, 1.165) is 19.4 Å². The zero-order valence-electron chi connectivity index (χ0n) is 8.18.